The van der Waals surface area contributed by atoms with E-state index in [0.717, 1.165) is 0 Å². The van der Waals surface area contributed by atoms with Crippen LogP contribution in [0.4, 0.5) is 0 Å². The van der Waals surface area contributed by atoms with Gasteiger partial charge in [-0.2, -0.15) is 0 Å². The van der Waals surface area contributed by atoms with E-state index >= 15 is 0 Å². The van der Waals surface area contributed by atoms with Gasteiger partial charge in [0.05, 0.1) is 0 Å². The van der Waals surface area contributed by atoms with E-state index in [-0.39, 0.29) is 24.4 Å². The van der Waals surface area contributed by atoms with Gasteiger partial charge in [0.15, 0.2) is 21.7 Å². The molecule has 0 aromatic heterocycles. The largest absolute Gasteiger partial charge is 0.298 e. The van der Waals surface area contributed by atoms with E-state index in [1.807, 2.05) is 6.92 Å². The van der Waals surface area contributed by atoms with E-state index in [2.05, 4.69) is 0 Å². The molecule has 0 aromatic rings. The van der Waals surface area contributed by atoms with Gasteiger partial charge in [0, 0.05) is 18.3 Å². The van der Waals surface area contributed by atoms with Crippen molar-refractivity contribution in [2.75, 3.05) is 0 Å². The molecule has 3 nitrogen and oxygen atoms in total. The van der Waals surface area contributed by atoms with Crippen molar-refractivity contribution >= 4 is 40.6 Å². The molecular weight excluding hydrogens is 263 g/mol. The Hall–Kier alpha value is -0.410. The molecule has 0 radical (unpaired) electrons. The number of hydrogen-bond acceptors (Lipinski definition) is 3. The lowest BCUT2D eigenvalue weighted by Crippen LogP contribution is -2.55. The van der Waals surface area contributed by atoms with Gasteiger partial charge >= 0.3 is 0 Å². The van der Waals surface area contributed by atoms with Crippen LogP contribution in [0.5, 0.6) is 0 Å². The highest BCUT2D eigenvalue weighted by atomic mass is 35.5. The summed E-state index contributed by atoms with van der Waals surface area (Å²) in [4.78, 5) is 35.7. The summed E-state index contributed by atoms with van der Waals surface area (Å²) >= 11 is 12.1. The summed E-state index contributed by atoms with van der Waals surface area (Å²) in [6.07, 6.45) is 0.842. The number of alkyl halides is 2. The number of carbonyl (C=O) groups is 3. The summed E-state index contributed by atoms with van der Waals surface area (Å²) in [6, 6.07) is 0. The van der Waals surface area contributed by atoms with Gasteiger partial charge in [-0.25, -0.2) is 0 Å². The van der Waals surface area contributed by atoms with Crippen LogP contribution in [0.1, 0.15) is 40.0 Å². The van der Waals surface area contributed by atoms with Crippen molar-refractivity contribution in [1.82, 2.24) is 0 Å². The van der Waals surface area contributed by atoms with Crippen molar-refractivity contribution in [1.29, 1.82) is 0 Å². The van der Waals surface area contributed by atoms with Gasteiger partial charge in [0.1, 0.15) is 5.92 Å². The third-order valence-electron chi connectivity index (χ3n) is 3.18. The van der Waals surface area contributed by atoms with Crippen molar-refractivity contribution in [3.8, 4) is 0 Å². The first kappa shape index (κ1) is 14.7. The number of rotatable bonds is 3. The molecule has 5 heteroatoms. The topological polar surface area (TPSA) is 51.2 Å². The van der Waals surface area contributed by atoms with Crippen LogP contribution in [0.2, 0.25) is 0 Å². The standard InChI is InChI=1S/C12H16Cl2O3/c1-4-5-7(15)9-8(16)6-11(2,3)12(13,14)10(9)17/h9H,4-6H2,1-3H3/t9-/m1/s1. The van der Waals surface area contributed by atoms with Gasteiger partial charge in [0.25, 0.3) is 0 Å². The van der Waals surface area contributed by atoms with E-state index in [1.54, 1.807) is 13.8 Å². The van der Waals surface area contributed by atoms with Crippen LogP contribution >= 0.6 is 23.2 Å². The smallest absolute Gasteiger partial charge is 0.187 e. The normalized spacial score (nSPS) is 27.0. The number of carbonyl (C=O) groups excluding carboxylic acids is 3. The third-order valence-corrected chi connectivity index (χ3v) is 4.57. The van der Waals surface area contributed by atoms with Crippen LogP contribution in [-0.2, 0) is 14.4 Å². The van der Waals surface area contributed by atoms with Gasteiger partial charge in [-0.15, -0.1) is 0 Å². The van der Waals surface area contributed by atoms with Gasteiger partial charge in [-0.3, -0.25) is 14.4 Å². The third kappa shape index (κ3) is 2.41. The SMILES string of the molecule is CCCC(=O)[C@@H]1C(=O)CC(C)(C)C(Cl)(Cl)C1=O. The Morgan fingerprint density at radius 2 is 1.88 bits per heavy atom. The average Bonchev–Trinajstić information content (AvgIpc) is 2.15. The van der Waals surface area contributed by atoms with Crippen molar-refractivity contribution in [3.05, 3.63) is 0 Å². The minimum absolute atomic E-state index is 0.0475. The van der Waals surface area contributed by atoms with Gasteiger partial charge < -0.3 is 0 Å². The molecule has 1 fully saturated rings. The second-order valence-electron chi connectivity index (χ2n) is 5.11. The first-order chi connectivity index (χ1) is 7.65. The highest BCUT2D eigenvalue weighted by molar-refractivity contribution is 6.61. The molecule has 0 saturated heterocycles. The monoisotopic (exact) mass is 278 g/mol. The summed E-state index contributed by atoms with van der Waals surface area (Å²) in [7, 11) is 0. The summed E-state index contributed by atoms with van der Waals surface area (Å²) in [5.41, 5.74) is -0.840. The Labute approximate surface area is 111 Å². The van der Waals surface area contributed by atoms with E-state index < -0.39 is 21.4 Å². The van der Waals surface area contributed by atoms with Crippen molar-refractivity contribution in [3.63, 3.8) is 0 Å². The summed E-state index contributed by atoms with van der Waals surface area (Å²) in [6.45, 7) is 5.13. The first-order valence-electron chi connectivity index (χ1n) is 5.62. The van der Waals surface area contributed by atoms with E-state index in [9.17, 15) is 14.4 Å². The van der Waals surface area contributed by atoms with Crippen LogP contribution in [0.15, 0.2) is 0 Å². The maximum atomic E-state index is 12.1. The molecule has 17 heavy (non-hydrogen) atoms. The Balaban J connectivity index is 3.08. The fourth-order valence-corrected chi connectivity index (χ4v) is 2.38. The lowest BCUT2D eigenvalue weighted by molar-refractivity contribution is -0.145. The predicted octanol–water partition coefficient (Wildman–Crippen LogP) is 2.71. The highest BCUT2D eigenvalue weighted by Gasteiger charge is 2.58. The van der Waals surface area contributed by atoms with Crippen LogP contribution in [0, 0.1) is 11.3 Å². The molecule has 1 saturated carbocycles. The van der Waals surface area contributed by atoms with E-state index in [1.165, 1.54) is 0 Å². The Morgan fingerprint density at radius 3 is 2.35 bits per heavy atom. The van der Waals surface area contributed by atoms with Gasteiger partial charge in [-0.05, 0) is 6.42 Å². The minimum Gasteiger partial charge on any atom is -0.298 e. The van der Waals surface area contributed by atoms with Crippen LogP contribution in [0.3, 0.4) is 0 Å². The zero-order chi connectivity index (χ0) is 13.4. The Kier molecular flexibility index (Phi) is 4.04. The molecule has 0 N–H and O–H groups in total. The molecular formula is C12H16Cl2O3. The average molecular weight is 279 g/mol. The fraction of sp³-hybridized carbons (Fsp3) is 0.750. The first-order valence-corrected chi connectivity index (χ1v) is 6.38. The van der Waals surface area contributed by atoms with Crippen molar-refractivity contribution < 1.29 is 14.4 Å². The lowest BCUT2D eigenvalue weighted by Gasteiger charge is -2.41. The zero-order valence-corrected chi connectivity index (χ0v) is 11.7. The van der Waals surface area contributed by atoms with Crippen LogP contribution in [0.25, 0.3) is 0 Å². The lowest BCUT2D eigenvalue weighted by atomic mass is 9.69. The molecule has 1 aliphatic rings. The molecule has 0 bridgehead atoms. The molecule has 96 valence electrons. The molecule has 0 amide bonds. The number of halogens is 2. The van der Waals surface area contributed by atoms with E-state index in [4.69, 9.17) is 23.2 Å². The number of ketones is 3. The predicted molar refractivity (Wildman–Crippen MR) is 66.3 cm³/mol. The molecule has 1 atom stereocenters. The zero-order valence-electron chi connectivity index (χ0n) is 10.2. The second kappa shape index (κ2) is 4.69. The molecule has 0 aliphatic heterocycles. The molecule has 0 heterocycles. The van der Waals surface area contributed by atoms with Gasteiger partial charge in [-0.1, -0.05) is 44.0 Å². The molecule has 1 rings (SSSR count). The second-order valence-corrected chi connectivity index (χ2v) is 6.44. The van der Waals surface area contributed by atoms with Gasteiger partial charge in [0.2, 0.25) is 0 Å². The van der Waals surface area contributed by atoms with Crippen molar-refractivity contribution in [2.24, 2.45) is 11.3 Å². The molecule has 0 spiro atoms. The number of hydrogen-bond donors (Lipinski definition) is 0. The molecule has 1 aliphatic carbocycles. The minimum atomic E-state index is -1.67. The summed E-state index contributed by atoms with van der Waals surface area (Å²) in [5.74, 6) is -2.67. The van der Waals surface area contributed by atoms with E-state index in [0.29, 0.717) is 6.42 Å². The fourth-order valence-electron chi connectivity index (χ4n) is 2.03. The van der Waals surface area contributed by atoms with Crippen LogP contribution < -0.4 is 0 Å². The van der Waals surface area contributed by atoms with Crippen LogP contribution in [-0.4, -0.2) is 21.7 Å². The molecule has 0 aromatic carbocycles. The highest BCUT2D eigenvalue weighted by Crippen LogP contribution is 2.49. The maximum absolute atomic E-state index is 12.1. The molecule has 0 unspecified atom stereocenters. The summed E-state index contributed by atoms with van der Waals surface area (Å²) < 4.78 is -1.67. The summed E-state index contributed by atoms with van der Waals surface area (Å²) in [5, 5.41) is 0. The quantitative estimate of drug-likeness (QED) is 0.589. The Morgan fingerprint density at radius 1 is 1.35 bits per heavy atom. The number of Topliss-reactive ketones (excluding diaryl/α,β-unsaturated/α-hetero) is 3. The maximum Gasteiger partial charge on any atom is 0.187 e. The van der Waals surface area contributed by atoms with Crippen molar-refractivity contribution in [2.45, 2.75) is 44.4 Å². The Bertz CT molecular complexity index is 372.